The number of ether oxygens (including phenoxy) is 2. The molecular formula is C14H12F3N3O3. The second-order valence-electron chi connectivity index (χ2n) is 4.28. The van der Waals surface area contributed by atoms with Crippen molar-refractivity contribution in [3.05, 3.63) is 47.9 Å². The van der Waals surface area contributed by atoms with Crippen LogP contribution in [0.4, 0.5) is 13.2 Å². The molecule has 0 fully saturated rings. The van der Waals surface area contributed by atoms with Gasteiger partial charge in [0, 0.05) is 18.2 Å². The minimum Gasteiger partial charge on any atom is -0.481 e. The van der Waals surface area contributed by atoms with Gasteiger partial charge in [0.15, 0.2) is 0 Å². The fourth-order valence-corrected chi connectivity index (χ4v) is 1.72. The molecule has 6 nitrogen and oxygen atoms in total. The van der Waals surface area contributed by atoms with Crippen molar-refractivity contribution in [1.82, 2.24) is 15.3 Å². The molecule has 0 radical (unpaired) electrons. The number of methoxy groups -OCH3 is 1. The molecule has 2 aromatic rings. The van der Waals surface area contributed by atoms with Crippen LogP contribution in [0.2, 0.25) is 0 Å². The van der Waals surface area contributed by atoms with Gasteiger partial charge in [-0.15, -0.1) is 13.2 Å². The molecule has 1 aromatic heterocycles. The Morgan fingerprint density at radius 1 is 1.26 bits per heavy atom. The summed E-state index contributed by atoms with van der Waals surface area (Å²) in [6.07, 6.45) is -3.66. The van der Waals surface area contributed by atoms with Crippen molar-refractivity contribution in [2.45, 2.75) is 12.9 Å². The second kappa shape index (κ2) is 6.95. The van der Waals surface area contributed by atoms with Crippen LogP contribution in [-0.4, -0.2) is 29.3 Å². The number of para-hydroxylation sites is 1. The second-order valence-corrected chi connectivity index (χ2v) is 4.28. The fraction of sp³-hybridized carbons (Fsp3) is 0.214. The van der Waals surface area contributed by atoms with E-state index in [4.69, 9.17) is 4.74 Å². The lowest BCUT2D eigenvalue weighted by molar-refractivity contribution is -0.274. The first-order valence-corrected chi connectivity index (χ1v) is 6.37. The molecule has 9 heteroatoms. The summed E-state index contributed by atoms with van der Waals surface area (Å²) in [5.41, 5.74) is 0.213. The Labute approximate surface area is 129 Å². The number of halogens is 3. The average Bonchev–Trinajstić information content (AvgIpc) is 2.52. The summed E-state index contributed by atoms with van der Waals surface area (Å²) < 4.78 is 45.8. The summed E-state index contributed by atoms with van der Waals surface area (Å²) in [4.78, 5) is 19.5. The van der Waals surface area contributed by atoms with Crippen LogP contribution in [0.15, 0.2) is 36.7 Å². The molecule has 1 heterocycles. The Kier molecular flexibility index (Phi) is 4.99. The smallest absolute Gasteiger partial charge is 0.481 e. The topological polar surface area (TPSA) is 73.3 Å². The van der Waals surface area contributed by atoms with Crippen LogP contribution >= 0.6 is 0 Å². The predicted octanol–water partition coefficient (Wildman–Crippen LogP) is 2.31. The number of amides is 1. The molecular weight excluding hydrogens is 315 g/mol. The minimum atomic E-state index is -4.81. The highest BCUT2D eigenvalue weighted by atomic mass is 19.4. The van der Waals surface area contributed by atoms with Crippen molar-refractivity contribution in [2.75, 3.05) is 7.11 Å². The van der Waals surface area contributed by atoms with Crippen LogP contribution in [0.1, 0.15) is 16.1 Å². The Morgan fingerprint density at radius 2 is 2.00 bits per heavy atom. The largest absolute Gasteiger partial charge is 0.573 e. The van der Waals surface area contributed by atoms with Crippen molar-refractivity contribution in [3.63, 3.8) is 0 Å². The number of carbonyl (C=O) groups is 1. The van der Waals surface area contributed by atoms with E-state index in [9.17, 15) is 18.0 Å². The maximum Gasteiger partial charge on any atom is 0.573 e. The van der Waals surface area contributed by atoms with E-state index in [1.54, 1.807) is 6.07 Å². The molecule has 0 aliphatic rings. The first kappa shape index (κ1) is 16.5. The first-order chi connectivity index (χ1) is 10.9. The Balaban J connectivity index is 2.07. The fourth-order valence-electron chi connectivity index (χ4n) is 1.72. The van der Waals surface area contributed by atoms with Crippen LogP contribution in [0.3, 0.4) is 0 Å². The summed E-state index contributed by atoms with van der Waals surface area (Å²) in [5.74, 6) is -0.751. The van der Waals surface area contributed by atoms with Gasteiger partial charge >= 0.3 is 6.36 Å². The molecule has 1 aromatic carbocycles. The van der Waals surface area contributed by atoms with Crippen LogP contribution < -0.4 is 14.8 Å². The van der Waals surface area contributed by atoms with Gasteiger partial charge in [-0.1, -0.05) is 18.2 Å². The quantitative estimate of drug-likeness (QED) is 0.912. The molecule has 0 aliphatic carbocycles. The molecule has 1 amide bonds. The van der Waals surface area contributed by atoms with Crippen molar-refractivity contribution in [3.8, 4) is 11.6 Å². The summed E-state index contributed by atoms with van der Waals surface area (Å²) in [7, 11) is 1.38. The Hall–Kier alpha value is -2.84. The van der Waals surface area contributed by atoms with Gasteiger partial charge in [0.1, 0.15) is 17.8 Å². The van der Waals surface area contributed by atoms with Gasteiger partial charge in [-0.2, -0.15) is 0 Å². The van der Waals surface area contributed by atoms with Gasteiger partial charge in [-0.05, 0) is 6.07 Å². The van der Waals surface area contributed by atoms with E-state index in [0.29, 0.717) is 0 Å². The molecule has 0 aliphatic heterocycles. The number of alkyl halides is 3. The summed E-state index contributed by atoms with van der Waals surface area (Å²) in [5, 5.41) is 2.46. The van der Waals surface area contributed by atoms with E-state index < -0.39 is 12.3 Å². The monoisotopic (exact) mass is 327 g/mol. The molecule has 122 valence electrons. The first-order valence-electron chi connectivity index (χ1n) is 6.37. The highest BCUT2D eigenvalue weighted by Crippen LogP contribution is 2.26. The van der Waals surface area contributed by atoms with Crippen LogP contribution in [0.5, 0.6) is 11.6 Å². The molecule has 23 heavy (non-hydrogen) atoms. The third kappa shape index (κ3) is 4.83. The Morgan fingerprint density at radius 3 is 2.70 bits per heavy atom. The highest BCUT2D eigenvalue weighted by molar-refractivity contribution is 5.92. The molecule has 0 spiro atoms. The third-order valence-electron chi connectivity index (χ3n) is 2.72. The van der Waals surface area contributed by atoms with Crippen molar-refractivity contribution in [1.29, 1.82) is 0 Å². The molecule has 0 bridgehead atoms. The average molecular weight is 327 g/mol. The van der Waals surface area contributed by atoms with E-state index >= 15 is 0 Å². The normalized spacial score (nSPS) is 11.0. The number of aromatic nitrogens is 2. The van der Waals surface area contributed by atoms with Crippen LogP contribution in [0, 0.1) is 0 Å². The van der Waals surface area contributed by atoms with E-state index in [0.717, 1.165) is 6.33 Å². The summed E-state index contributed by atoms with van der Waals surface area (Å²) in [6.45, 7) is -0.155. The van der Waals surface area contributed by atoms with Gasteiger partial charge in [0.2, 0.25) is 5.88 Å². The molecule has 0 saturated heterocycles. The standard InChI is InChI=1S/C14H12F3N3O3/c1-22-12-6-10(19-8-20-12)13(21)18-7-9-4-2-3-5-11(9)23-14(15,16)17/h2-6,8H,7H2,1H3,(H,18,21). The summed E-state index contributed by atoms with van der Waals surface area (Å²) >= 11 is 0. The Bertz CT molecular complexity index is 692. The van der Waals surface area contributed by atoms with Gasteiger partial charge < -0.3 is 14.8 Å². The third-order valence-corrected chi connectivity index (χ3v) is 2.72. The van der Waals surface area contributed by atoms with Gasteiger partial charge in [-0.25, -0.2) is 9.97 Å². The molecule has 1 N–H and O–H groups in total. The number of hydrogen-bond acceptors (Lipinski definition) is 5. The molecule has 0 unspecified atom stereocenters. The number of rotatable bonds is 5. The molecule has 2 rings (SSSR count). The maximum absolute atomic E-state index is 12.3. The zero-order valence-corrected chi connectivity index (χ0v) is 11.9. The number of nitrogens with zero attached hydrogens (tertiary/aromatic N) is 2. The van der Waals surface area contributed by atoms with Crippen molar-refractivity contribution in [2.24, 2.45) is 0 Å². The number of nitrogens with one attached hydrogen (secondary N) is 1. The summed E-state index contributed by atoms with van der Waals surface area (Å²) in [6, 6.07) is 6.85. The van der Waals surface area contributed by atoms with Crippen LogP contribution in [-0.2, 0) is 6.54 Å². The van der Waals surface area contributed by atoms with Gasteiger partial charge in [0.05, 0.1) is 7.11 Å². The molecule has 0 atom stereocenters. The van der Waals surface area contributed by atoms with Crippen molar-refractivity contribution < 1.29 is 27.4 Å². The number of benzene rings is 1. The van der Waals surface area contributed by atoms with Crippen LogP contribution in [0.25, 0.3) is 0 Å². The minimum absolute atomic E-state index is 0.0334. The van der Waals surface area contributed by atoms with Crippen molar-refractivity contribution >= 4 is 5.91 Å². The number of carbonyl (C=O) groups excluding carboxylic acids is 1. The van der Waals surface area contributed by atoms with E-state index in [1.165, 1.54) is 31.4 Å². The highest BCUT2D eigenvalue weighted by Gasteiger charge is 2.32. The van der Waals surface area contributed by atoms with Gasteiger partial charge in [-0.3, -0.25) is 4.79 Å². The van der Waals surface area contributed by atoms with E-state index in [-0.39, 0.29) is 29.4 Å². The predicted molar refractivity (Wildman–Crippen MR) is 72.9 cm³/mol. The maximum atomic E-state index is 12.3. The zero-order valence-electron chi connectivity index (χ0n) is 11.9. The zero-order chi connectivity index (χ0) is 16.9. The lowest BCUT2D eigenvalue weighted by Gasteiger charge is -2.13. The molecule has 0 saturated carbocycles. The van der Waals surface area contributed by atoms with Gasteiger partial charge in [0.25, 0.3) is 5.91 Å². The lowest BCUT2D eigenvalue weighted by Crippen LogP contribution is -2.25. The van der Waals surface area contributed by atoms with E-state index in [1.807, 2.05) is 0 Å². The number of hydrogen-bond donors (Lipinski definition) is 1. The lowest BCUT2D eigenvalue weighted by atomic mass is 10.2. The SMILES string of the molecule is COc1cc(C(=O)NCc2ccccc2OC(F)(F)F)ncn1. The van der Waals surface area contributed by atoms with E-state index in [2.05, 4.69) is 20.0 Å².